The summed E-state index contributed by atoms with van der Waals surface area (Å²) in [6.45, 7) is 0.988. The highest BCUT2D eigenvalue weighted by molar-refractivity contribution is 8.00. The minimum atomic E-state index is -1.44. The number of aliphatic carboxylic acids is 1. The molecule has 9 nitrogen and oxygen atoms in total. The van der Waals surface area contributed by atoms with Crippen molar-refractivity contribution in [2.45, 2.75) is 24.4 Å². The lowest BCUT2D eigenvalue weighted by molar-refractivity contribution is -0.152. The number of thioether (sulfide) groups is 1. The molecule has 0 aliphatic carbocycles. The number of aliphatic hydroxyl groups is 1. The molecule has 0 radical (unpaired) electrons. The molecule has 1 aromatic rings. The molecule has 3 rings (SSSR count). The fraction of sp³-hybridized carbons (Fsp3) is 0.333. The summed E-state index contributed by atoms with van der Waals surface area (Å²) >= 11 is 1.25. The molecule has 0 saturated carbocycles. The number of hydrogen-bond donors (Lipinski definition) is 3. The molecule has 3 atom stereocenters. The van der Waals surface area contributed by atoms with Crippen molar-refractivity contribution in [3.63, 3.8) is 0 Å². The van der Waals surface area contributed by atoms with Gasteiger partial charge >= 0.3 is 11.9 Å². The number of rotatable bonds is 6. The maximum atomic E-state index is 12.5. The van der Waals surface area contributed by atoms with Crippen LogP contribution in [0.4, 0.5) is 0 Å². The van der Waals surface area contributed by atoms with E-state index < -0.39 is 41.3 Å². The predicted octanol–water partition coefficient (Wildman–Crippen LogP) is 0.0217. The number of hydrogen-bond acceptors (Lipinski definition) is 7. The molecule has 0 aromatic heterocycles. The van der Waals surface area contributed by atoms with E-state index >= 15 is 0 Å². The number of aliphatic hydroxyl groups excluding tert-OH is 1. The van der Waals surface area contributed by atoms with Gasteiger partial charge in [0, 0.05) is 18.2 Å². The van der Waals surface area contributed by atoms with Crippen molar-refractivity contribution in [2.24, 2.45) is 0 Å². The number of carboxylic acids is 1. The maximum absolute atomic E-state index is 12.5. The number of esters is 1. The Kier molecular flexibility index (Phi) is 5.71. The van der Waals surface area contributed by atoms with Crippen LogP contribution in [0.1, 0.15) is 18.6 Å². The van der Waals surface area contributed by atoms with E-state index in [1.165, 1.54) is 18.7 Å². The first-order chi connectivity index (χ1) is 13.3. The van der Waals surface area contributed by atoms with E-state index in [0.29, 0.717) is 11.1 Å². The minimum absolute atomic E-state index is 0.218. The zero-order chi connectivity index (χ0) is 20.4. The van der Waals surface area contributed by atoms with Crippen molar-refractivity contribution < 1.29 is 34.1 Å². The fourth-order valence-electron chi connectivity index (χ4n) is 3.00. The average Bonchev–Trinajstić information content (AvgIpc) is 2.69. The van der Waals surface area contributed by atoms with Crippen LogP contribution in [0.15, 0.2) is 41.6 Å². The van der Waals surface area contributed by atoms with Crippen LogP contribution in [0.5, 0.6) is 0 Å². The van der Waals surface area contributed by atoms with Crippen LogP contribution in [0.2, 0.25) is 0 Å². The first kappa shape index (κ1) is 19.9. The van der Waals surface area contributed by atoms with Crippen molar-refractivity contribution in [3.05, 3.63) is 47.2 Å². The molecule has 0 bridgehead atoms. The summed E-state index contributed by atoms with van der Waals surface area (Å²) in [6, 6.07) is 7.32. The first-order valence-corrected chi connectivity index (χ1v) is 9.43. The summed E-state index contributed by atoms with van der Waals surface area (Å²) < 4.78 is 4.86. The number of carbonyl (C=O) groups is 4. The summed E-state index contributed by atoms with van der Waals surface area (Å²) in [5.41, 5.74) is 0.463. The molecule has 2 aliphatic rings. The lowest BCUT2D eigenvalue weighted by atomic mass is 10.0. The molecule has 3 N–H and O–H groups in total. The van der Waals surface area contributed by atoms with Gasteiger partial charge in [-0.15, -0.1) is 11.8 Å². The predicted molar refractivity (Wildman–Crippen MR) is 97.7 cm³/mol. The van der Waals surface area contributed by atoms with E-state index in [0.717, 1.165) is 4.90 Å². The topological polar surface area (TPSA) is 133 Å². The summed E-state index contributed by atoms with van der Waals surface area (Å²) in [5, 5.41) is 21.5. The standard InChI is InChI=1S/C18H18N2O7S/c1-9(21)27-7-11-8-28-17-12(16(24)20(17)13(11)18(25)26)19-15(23)14(22)10-5-3-2-4-6-10/h2-6,12,14,17,22H,7-8H2,1H3,(H,19,23)(H,25,26)/t12?,14?,17-/m1/s1. The van der Waals surface area contributed by atoms with E-state index in [-0.39, 0.29) is 18.1 Å². The summed E-state index contributed by atoms with van der Waals surface area (Å²) in [5.74, 6) is -2.97. The number of benzene rings is 1. The number of nitrogens with one attached hydrogen (secondary N) is 1. The van der Waals surface area contributed by atoms with E-state index in [9.17, 15) is 29.4 Å². The zero-order valence-electron chi connectivity index (χ0n) is 14.8. The van der Waals surface area contributed by atoms with Crippen LogP contribution in [0.25, 0.3) is 0 Å². The van der Waals surface area contributed by atoms with Gasteiger partial charge in [0.05, 0.1) is 0 Å². The molecule has 28 heavy (non-hydrogen) atoms. The van der Waals surface area contributed by atoms with Crippen LogP contribution in [-0.4, -0.2) is 62.6 Å². The molecule has 1 fully saturated rings. The number of ether oxygens (including phenoxy) is 1. The van der Waals surface area contributed by atoms with Gasteiger partial charge in [-0.25, -0.2) is 4.79 Å². The summed E-state index contributed by atoms with van der Waals surface area (Å²) in [4.78, 5) is 48.5. The SMILES string of the molecule is CC(=O)OCC1=C(C(=O)O)N2C(=O)C(NC(=O)C(O)c3ccccc3)[C@H]2SC1. The van der Waals surface area contributed by atoms with Gasteiger partial charge in [-0.05, 0) is 5.56 Å². The second kappa shape index (κ2) is 8.03. The normalized spacial score (nSPS) is 22.1. The highest BCUT2D eigenvalue weighted by Crippen LogP contribution is 2.40. The largest absolute Gasteiger partial charge is 0.477 e. The lowest BCUT2D eigenvalue weighted by Crippen LogP contribution is -2.71. The number of nitrogens with zero attached hydrogens (tertiary/aromatic N) is 1. The fourth-order valence-corrected chi connectivity index (χ4v) is 4.33. The van der Waals surface area contributed by atoms with Gasteiger partial charge in [0.15, 0.2) is 6.10 Å². The van der Waals surface area contributed by atoms with E-state index in [2.05, 4.69) is 5.32 Å². The molecule has 1 saturated heterocycles. The molecular weight excluding hydrogens is 388 g/mol. The number of carbonyl (C=O) groups excluding carboxylic acids is 3. The molecule has 148 valence electrons. The molecule has 10 heteroatoms. The molecular formula is C18H18N2O7S. The Morgan fingerprint density at radius 2 is 2.00 bits per heavy atom. The van der Waals surface area contributed by atoms with Gasteiger partial charge in [0.2, 0.25) is 0 Å². The van der Waals surface area contributed by atoms with Gasteiger partial charge in [0.25, 0.3) is 11.8 Å². The Labute approximate surface area is 164 Å². The van der Waals surface area contributed by atoms with E-state index in [4.69, 9.17) is 4.74 Å². The van der Waals surface area contributed by atoms with Crippen molar-refractivity contribution in [2.75, 3.05) is 12.4 Å². The van der Waals surface area contributed by atoms with Crippen LogP contribution in [0, 0.1) is 0 Å². The zero-order valence-corrected chi connectivity index (χ0v) is 15.6. The Bertz CT molecular complexity index is 855. The number of amides is 2. The third-order valence-corrected chi connectivity index (χ3v) is 5.70. The molecule has 2 unspecified atom stereocenters. The lowest BCUT2D eigenvalue weighted by Gasteiger charge is -2.49. The van der Waals surface area contributed by atoms with Crippen molar-refractivity contribution >= 4 is 35.5 Å². The van der Waals surface area contributed by atoms with Crippen LogP contribution < -0.4 is 5.32 Å². The quantitative estimate of drug-likeness (QED) is 0.445. The molecule has 2 heterocycles. The van der Waals surface area contributed by atoms with Crippen LogP contribution >= 0.6 is 11.8 Å². The Morgan fingerprint density at radius 1 is 1.32 bits per heavy atom. The summed E-state index contributed by atoms with van der Waals surface area (Å²) in [7, 11) is 0. The summed E-state index contributed by atoms with van der Waals surface area (Å²) in [6.07, 6.45) is -1.44. The number of β-lactam (4-membered cyclic amide) rings is 1. The Balaban J connectivity index is 1.72. The average molecular weight is 406 g/mol. The molecule has 2 amide bonds. The van der Waals surface area contributed by atoms with Gasteiger partial charge in [-0.2, -0.15) is 0 Å². The first-order valence-electron chi connectivity index (χ1n) is 8.38. The highest BCUT2D eigenvalue weighted by atomic mass is 32.2. The van der Waals surface area contributed by atoms with E-state index in [1.807, 2.05) is 0 Å². The van der Waals surface area contributed by atoms with Gasteiger partial charge in [-0.3, -0.25) is 19.3 Å². The second-order valence-corrected chi connectivity index (χ2v) is 7.35. The Morgan fingerprint density at radius 3 is 2.61 bits per heavy atom. The third kappa shape index (κ3) is 3.73. The van der Waals surface area contributed by atoms with Gasteiger partial charge in [-0.1, -0.05) is 30.3 Å². The molecule has 0 spiro atoms. The third-order valence-electron chi connectivity index (χ3n) is 4.36. The van der Waals surface area contributed by atoms with E-state index in [1.54, 1.807) is 30.3 Å². The maximum Gasteiger partial charge on any atom is 0.352 e. The molecule has 1 aromatic carbocycles. The minimum Gasteiger partial charge on any atom is -0.477 e. The van der Waals surface area contributed by atoms with Gasteiger partial charge < -0.3 is 20.3 Å². The van der Waals surface area contributed by atoms with Crippen molar-refractivity contribution in [3.8, 4) is 0 Å². The van der Waals surface area contributed by atoms with Gasteiger partial charge in [0.1, 0.15) is 23.7 Å². The number of fused-ring (bicyclic) bond motifs is 1. The van der Waals surface area contributed by atoms with Crippen LogP contribution in [-0.2, 0) is 23.9 Å². The van der Waals surface area contributed by atoms with Crippen molar-refractivity contribution in [1.29, 1.82) is 0 Å². The smallest absolute Gasteiger partial charge is 0.352 e. The second-order valence-electron chi connectivity index (χ2n) is 6.25. The molecule has 2 aliphatic heterocycles. The Hall–Kier alpha value is -2.85. The number of carboxylic acid groups (broad SMARTS) is 1. The monoisotopic (exact) mass is 406 g/mol. The highest BCUT2D eigenvalue weighted by Gasteiger charge is 2.54. The van der Waals surface area contributed by atoms with Crippen LogP contribution in [0.3, 0.4) is 0 Å². The van der Waals surface area contributed by atoms with Crippen molar-refractivity contribution in [1.82, 2.24) is 10.2 Å².